The predicted molar refractivity (Wildman–Crippen MR) is 59.1 cm³/mol. The fraction of sp³-hybridized carbons (Fsp3) is 0.778. The van der Waals surface area contributed by atoms with E-state index in [1.165, 1.54) is 0 Å². The molecule has 1 aliphatic rings. The van der Waals surface area contributed by atoms with E-state index in [1.807, 2.05) is 13.8 Å². The Morgan fingerprint density at radius 1 is 1.50 bits per heavy atom. The molecule has 7 heteroatoms. The van der Waals surface area contributed by atoms with Crippen molar-refractivity contribution in [1.82, 2.24) is 10.1 Å². The van der Waals surface area contributed by atoms with Crippen LogP contribution < -0.4 is 5.32 Å². The standard InChI is InChI=1S/C9H15N3O3S/c1-6(2)10-9-11-8(12-15-9)7-3-4-16(13,14)5-7/h6-7H,3-5H2,1-2H3,(H,10,11,12). The van der Waals surface area contributed by atoms with Gasteiger partial charge in [0.15, 0.2) is 15.7 Å². The van der Waals surface area contributed by atoms with E-state index in [-0.39, 0.29) is 23.5 Å². The summed E-state index contributed by atoms with van der Waals surface area (Å²) in [4.78, 5) is 4.14. The van der Waals surface area contributed by atoms with Gasteiger partial charge in [-0.1, -0.05) is 5.16 Å². The highest BCUT2D eigenvalue weighted by Crippen LogP contribution is 2.27. The van der Waals surface area contributed by atoms with E-state index in [0.29, 0.717) is 18.3 Å². The molecule has 0 aromatic carbocycles. The summed E-state index contributed by atoms with van der Waals surface area (Å²) in [5, 5.41) is 6.78. The van der Waals surface area contributed by atoms with Crippen LogP contribution in [0, 0.1) is 0 Å². The molecule has 0 aliphatic carbocycles. The van der Waals surface area contributed by atoms with Crippen molar-refractivity contribution < 1.29 is 12.9 Å². The molecule has 1 unspecified atom stereocenters. The average molecular weight is 245 g/mol. The second kappa shape index (κ2) is 4.04. The smallest absolute Gasteiger partial charge is 0.321 e. The van der Waals surface area contributed by atoms with Gasteiger partial charge in [-0.15, -0.1) is 0 Å². The Bertz CT molecular complexity index is 466. The number of rotatable bonds is 3. The molecule has 90 valence electrons. The van der Waals surface area contributed by atoms with Gasteiger partial charge in [-0.05, 0) is 20.3 Å². The summed E-state index contributed by atoms with van der Waals surface area (Å²) in [7, 11) is -2.90. The van der Waals surface area contributed by atoms with E-state index in [0.717, 1.165) is 0 Å². The lowest BCUT2D eigenvalue weighted by Crippen LogP contribution is -2.10. The van der Waals surface area contributed by atoms with Gasteiger partial charge in [-0.2, -0.15) is 4.98 Å². The molecule has 2 rings (SSSR count). The molecule has 2 heterocycles. The predicted octanol–water partition coefficient (Wildman–Crippen LogP) is 0.792. The van der Waals surface area contributed by atoms with Crippen LogP contribution in [-0.2, 0) is 9.84 Å². The Labute approximate surface area is 94.3 Å². The summed E-state index contributed by atoms with van der Waals surface area (Å²) < 4.78 is 27.6. The maximum Gasteiger partial charge on any atom is 0.321 e. The number of aromatic nitrogens is 2. The molecule has 1 N–H and O–H groups in total. The Kier molecular flexibility index (Phi) is 2.88. The van der Waals surface area contributed by atoms with Gasteiger partial charge < -0.3 is 9.84 Å². The number of hydrogen-bond acceptors (Lipinski definition) is 6. The molecule has 1 aromatic heterocycles. The topological polar surface area (TPSA) is 85.1 Å². The van der Waals surface area contributed by atoms with Crippen molar-refractivity contribution in [3.63, 3.8) is 0 Å². The molecule has 1 atom stereocenters. The van der Waals surface area contributed by atoms with E-state index in [1.54, 1.807) is 0 Å². The van der Waals surface area contributed by atoms with Crippen molar-refractivity contribution in [3.05, 3.63) is 5.82 Å². The van der Waals surface area contributed by atoms with Crippen molar-refractivity contribution in [2.75, 3.05) is 16.8 Å². The molecule has 0 amide bonds. The average Bonchev–Trinajstić information content (AvgIpc) is 2.71. The van der Waals surface area contributed by atoms with Gasteiger partial charge in [0.1, 0.15) is 0 Å². The van der Waals surface area contributed by atoms with Gasteiger partial charge in [-0.25, -0.2) is 8.42 Å². The van der Waals surface area contributed by atoms with E-state index in [9.17, 15) is 8.42 Å². The van der Waals surface area contributed by atoms with Crippen LogP contribution in [0.25, 0.3) is 0 Å². The van der Waals surface area contributed by atoms with E-state index >= 15 is 0 Å². The van der Waals surface area contributed by atoms with Gasteiger partial charge >= 0.3 is 6.01 Å². The summed E-state index contributed by atoms with van der Waals surface area (Å²) in [5.74, 6) is 0.730. The van der Waals surface area contributed by atoms with Crippen LogP contribution in [0.3, 0.4) is 0 Å². The third-order valence-electron chi connectivity index (χ3n) is 2.45. The van der Waals surface area contributed by atoms with Crippen molar-refractivity contribution in [2.45, 2.75) is 32.2 Å². The minimum atomic E-state index is -2.90. The zero-order chi connectivity index (χ0) is 11.8. The fourth-order valence-electron chi connectivity index (χ4n) is 1.70. The maximum absolute atomic E-state index is 11.3. The first-order valence-corrected chi connectivity index (χ1v) is 7.09. The summed E-state index contributed by atoms with van der Waals surface area (Å²) in [6, 6.07) is 0.565. The molecule has 0 saturated carbocycles. The third kappa shape index (κ3) is 2.52. The van der Waals surface area contributed by atoms with Gasteiger partial charge in [0, 0.05) is 12.0 Å². The van der Waals surface area contributed by atoms with Crippen LogP contribution in [0.4, 0.5) is 6.01 Å². The highest BCUT2D eigenvalue weighted by Gasteiger charge is 2.32. The molecule has 0 bridgehead atoms. The Hall–Kier alpha value is -1.11. The lowest BCUT2D eigenvalue weighted by atomic mass is 10.1. The molecule has 1 aliphatic heterocycles. The maximum atomic E-state index is 11.3. The summed E-state index contributed by atoms with van der Waals surface area (Å²) in [6.07, 6.45) is 0.586. The first-order valence-electron chi connectivity index (χ1n) is 5.27. The zero-order valence-corrected chi connectivity index (χ0v) is 10.1. The van der Waals surface area contributed by atoms with Crippen LogP contribution >= 0.6 is 0 Å². The van der Waals surface area contributed by atoms with E-state index in [4.69, 9.17) is 4.52 Å². The second-order valence-corrected chi connectivity index (χ2v) is 6.59. The quantitative estimate of drug-likeness (QED) is 0.847. The first kappa shape index (κ1) is 11.4. The summed E-state index contributed by atoms with van der Waals surface area (Å²) >= 11 is 0. The van der Waals surface area contributed by atoms with Gasteiger partial charge in [0.05, 0.1) is 11.5 Å². The SMILES string of the molecule is CC(C)Nc1nc(C2CCS(=O)(=O)C2)no1. The highest BCUT2D eigenvalue weighted by molar-refractivity contribution is 7.91. The van der Waals surface area contributed by atoms with Crippen LogP contribution in [0.1, 0.15) is 32.0 Å². The highest BCUT2D eigenvalue weighted by atomic mass is 32.2. The van der Waals surface area contributed by atoms with Crippen molar-refractivity contribution >= 4 is 15.9 Å². The fourth-order valence-corrected chi connectivity index (χ4v) is 3.44. The normalized spacial score (nSPS) is 23.8. The Balaban J connectivity index is 2.08. The van der Waals surface area contributed by atoms with Gasteiger partial charge in [0.25, 0.3) is 0 Å². The van der Waals surface area contributed by atoms with Crippen molar-refractivity contribution in [1.29, 1.82) is 0 Å². The lowest BCUT2D eigenvalue weighted by molar-refractivity contribution is 0.416. The minimum Gasteiger partial charge on any atom is -0.336 e. The van der Waals surface area contributed by atoms with E-state index < -0.39 is 9.84 Å². The van der Waals surface area contributed by atoms with Crippen LogP contribution in [0.15, 0.2) is 4.52 Å². The number of sulfone groups is 1. The van der Waals surface area contributed by atoms with Gasteiger partial charge in [-0.3, -0.25) is 0 Å². The number of hydrogen-bond donors (Lipinski definition) is 1. The lowest BCUT2D eigenvalue weighted by Gasteiger charge is -2.02. The molecule has 1 fully saturated rings. The number of nitrogens with zero attached hydrogens (tertiary/aromatic N) is 2. The summed E-state index contributed by atoms with van der Waals surface area (Å²) in [5.41, 5.74) is 0. The van der Waals surface area contributed by atoms with E-state index in [2.05, 4.69) is 15.5 Å². The molecular weight excluding hydrogens is 230 g/mol. The molecular formula is C9H15N3O3S. The number of anilines is 1. The molecule has 16 heavy (non-hydrogen) atoms. The monoisotopic (exact) mass is 245 g/mol. The first-order chi connectivity index (χ1) is 7.46. The van der Waals surface area contributed by atoms with Crippen LogP contribution in [0.2, 0.25) is 0 Å². The van der Waals surface area contributed by atoms with Crippen LogP contribution in [-0.4, -0.2) is 36.1 Å². The molecule has 1 saturated heterocycles. The molecule has 6 nitrogen and oxygen atoms in total. The zero-order valence-electron chi connectivity index (χ0n) is 9.30. The van der Waals surface area contributed by atoms with Crippen molar-refractivity contribution in [2.24, 2.45) is 0 Å². The third-order valence-corrected chi connectivity index (χ3v) is 4.22. The van der Waals surface area contributed by atoms with Crippen molar-refractivity contribution in [3.8, 4) is 0 Å². The van der Waals surface area contributed by atoms with Gasteiger partial charge in [0.2, 0.25) is 0 Å². The Morgan fingerprint density at radius 3 is 2.81 bits per heavy atom. The largest absolute Gasteiger partial charge is 0.336 e. The Morgan fingerprint density at radius 2 is 2.25 bits per heavy atom. The molecule has 0 radical (unpaired) electrons. The number of nitrogens with one attached hydrogen (secondary N) is 1. The summed E-state index contributed by atoms with van der Waals surface area (Å²) in [6.45, 7) is 3.92. The second-order valence-electron chi connectivity index (χ2n) is 4.36. The minimum absolute atomic E-state index is 0.114. The van der Waals surface area contributed by atoms with Crippen LogP contribution in [0.5, 0.6) is 0 Å². The molecule has 0 spiro atoms. The molecule has 1 aromatic rings.